The van der Waals surface area contributed by atoms with E-state index < -0.39 is 15.6 Å². The first-order chi connectivity index (χ1) is 15.0. The molecule has 0 bridgehead atoms. The van der Waals surface area contributed by atoms with Crippen LogP contribution in [0.15, 0.2) is 47.5 Å². The molecule has 1 aromatic carbocycles. The molecule has 1 amide bonds. The molecule has 0 aliphatic carbocycles. The third-order valence-corrected chi connectivity index (χ3v) is 7.36. The zero-order chi connectivity index (χ0) is 23.1. The number of likely N-dealkylation sites (tertiary alicyclic amines) is 1. The smallest absolute Gasteiger partial charge is 0.254 e. The van der Waals surface area contributed by atoms with E-state index in [1.807, 2.05) is 35.7 Å². The van der Waals surface area contributed by atoms with Crippen molar-refractivity contribution < 1.29 is 13.2 Å². The molecule has 3 heterocycles. The van der Waals surface area contributed by atoms with Crippen molar-refractivity contribution >= 4 is 21.6 Å². The lowest BCUT2D eigenvalue weighted by atomic mass is 9.96. The highest BCUT2D eigenvalue weighted by molar-refractivity contribution is 7.89. The number of hydrogen-bond acceptors (Lipinski definition) is 5. The first-order valence-corrected chi connectivity index (χ1v) is 12.3. The summed E-state index contributed by atoms with van der Waals surface area (Å²) >= 11 is 0. The average molecular weight is 456 g/mol. The SMILES string of the molecule is Cc1ccc(S(=O)(=O)NC(C)(C)C)cc1C(=O)N1CCCC(c2nnc3ccccn23)C1. The largest absolute Gasteiger partial charge is 0.338 e. The monoisotopic (exact) mass is 455 g/mol. The van der Waals surface area contributed by atoms with Gasteiger partial charge in [-0.25, -0.2) is 13.1 Å². The Morgan fingerprint density at radius 1 is 1.16 bits per heavy atom. The van der Waals surface area contributed by atoms with Gasteiger partial charge in [-0.05, 0) is 70.4 Å². The molecule has 9 heteroatoms. The predicted octanol–water partition coefficient (Wildman–Crippen LogP) is 3.13. The zero-order valence-corrected chi connectivity index (χ0v) is 19.7. The molecule has 1 saturated heterocycles. The highest BCUT2D eigenvalue weighted by Gasteiger charge is 2.30. The molecule has 1 atom stereocenters. The molecule has 32 heavy (non-hydrogen) atoms. The minimum absolute atomic E-state index is 0.0693. The third-order valence-electron chi connectivity index (χ3n) is 5.60. The summed E-state index contributed by atoms with van der Waals surface area (Å²) in [6.45, 7) is 8.33. The topological polar surface area (TPSA) is 96.7 Å². The number of amides is 1. The number of benzene rings is 1. The minimum atomic E-state index is -3.73. The first kappa shape index (κ1) is 22.4. The third kappa shape index (κ3) is 4.54. The van der Waals surface area contributed by atoms with Crippen molar-refractivity contribution in [3.05, 3.63) is 59.5 Å². The summed E-state index contributed by atoms with van der Waals surface area (Å²) in [6, 6.07) is 10.5. The van der Waals surface area contributed by atoms with Crippen molar-refractivity contribution in [3.63, 3.8) is 0 Å². The van der Waals surface area contributed by atoms with Gasteiger partial charge in [0.15, 0.2) is 5.65 Å². The minimum Gasteiger partial charge on any atom is -0.338 e. The van der Waals surface area contributed by atoms with Crippen LogP contribution < -0.4 is 4.72 Å². The van der Waals surface area contributed by atoms with Crippen LogP contribution in [0.5, 0.6) is 0 Å². The van der Waals surface area contributed by atoms with E-state index in [0.717, 1.165) is 29.9 Å². The summed E-state index contributed by atoms with van der Waals surface area (Å²) in [5, 5.41) is 8.61. The molecule has 1 N–H and O–H groups in total. The van der Waals surface area contributed by atoms with E-state index in [0.29, 0.717) is 18.7 Å². The van der Waals surface area contributed by atoms with Gasteiger partial charge in [-0.1, -0.05) is 12.1 Å². The summed E-state index contributed by atoms with van der Waals surface area (Å²) in [6.07, 6.45) is 3.70. The lowest BCUT2D eigenvalue weighted by molar-refractivity contribution is 0.0703. The first-order valence-electron chi connectivity index (χ1n) is 10.8. The average Bonchev–Trinajstić information content (AvgIpc) is 3.16. The maximum Gasteiger partial charge on any atom is 0.254 e. The molecule has 8 nitrogen and oxygen atoms in total. The Bertz CT molecular complexity index is 1260. The van der Waals surface area contributed by atoms with Crippen LogP contribution >= 0.6 is 0 Å². The second kappa shape index (κ2) is 8.29. The molecule has 170 valence electrons. The standard InChI is InChI=1S/C23H29N5O3S/c1-16-10-11-18(32(30,31)26-23(2,3)4)14-19(16)22(29)27-12-7-8-17(15-27)21-25-24-20-9-5-6-13-28(20)21/h5-6,9-11,13-14,17,26H,7-8,12,15H2,1-4H3. The Morgan fingerprint density at radius 3 is 2.69 bits per heavy atom. The highest BCUT2D eigenvalue weighted by Crippen LogP contribution is 2.28. The van der Waals surface area contributed by atoms with E-state index in [1.54, 1.807) is 37.8 Å². The van der Waals surface area contributed by atoms with Crippen molar-refractivity contribution in [1.29, 1.82) is 0 Å². The van der Waals surface area contributed by atoms with Gasteiger partial charge in [0.25, 0.3) is 5.91 Å². The second-order valence-corrected chi connectivity index (χ2v) is 11.1. The van der Waals surface area contributed by atoms with Gasteiger partial charge in [0.2, 0.25) is 10.0 Å². The van der Waals surface area contributed by atoms with Crippen molar-refractivity contribution in [2.75, 3.05) is 13.1 Å². The number of aryl methyl sites for hydroxylation is 1. The number of nitrogens with one attached hydrogen (secondary N) is 1. The van der Waals surface area contributed by atoms with Crippen LogP contribution in [0.1, 0.15) is 61.3 Å². The quantitative estimate of drug-likeness (QED) is 0.652. The van der Waals surface area contributed by atoms with E-state index in [2.05, 4.69) is 14.9 Å². The van der Waals surface area contributed by atoms with Gasteiger partial charge in [-0.2, -0.15) is 0 Å². The molecular formula is C23H29N5O3S. The number of hydrogen-bond donors (Lipinski definition) is 1. The Kier molecular flexibility index (Phi) is 5.81. The normalized spacial score (nSPS) is 17.6. The number of fused-ring (bicyclic) bond motifs is 1. The van der Waals surface area contributed by atoms with Gasteiger partial charge in [0.1, 0.15) is 5.82 Å². The molecule has 1 unspecified atom stereocenters. The number of rotatable bonds is 4. The lowest BCUT2D eigenvalue weighted by Gasteiger charge is -2.32. The molecule has 4 rings (SSSR count). The summed E-state index contributed by atoms with van der Waals surface area (Å²) < 4.78 is 30.2. The molecule has 2 aromatic heterocycles. The maximum atomic E-state index is 13.4. The summed E-state index contributed by atoms with van der Waals surface area (Å²) in [7, 11) is -3.73. The van der Waals surface area contributed by atoms with Gasteiger partial charge in [0, 0.05) is 36.3 Å². The van der Waals surface area contributed by atoms with Crippen molar-refractivity contribution in [3.8, 4) is 0 Å². The molecule has 3 aromatic rings. The summed E-state index contributed by atoms with van der Waals surface area (Å²) in [4.78, 5) is 15.3. The van der Waals surface area contributed by atoms with E-state index in [1.165, 1.54) is 6.07 Å². The van der Waals surface area contributed by atoms with E-state index >= 15 is 0 Å². The van der Waals surface area contributed by atoms with Crippen LogP contribution in [-0.2, 0) is 10.0 Å². The van der Waals surface area contributed by atoms with Crippen LogP contribution in [0.25, 0.3) is 5.65 Å². The molecule has 1 aliphatic heterocycles. The van der Waals surface area contributed by atoms with Gasteiger partial charge >= 0.3 is 0 Å². The number of pyridine rings is 1. The van der Waals surface area contributed by atoms with Gasteiger partial charge in [-0.15, -0.1) is 10.2 Å². The number of piperidine rings is 1. The number of nitrogens with zero attached hydrogens (tertiary/aromatic N) is 4. The zero-order valence-electron chi connectivity index (χ0n) is 18.9. The molecule has 1 fully saturated rings. The van der Waals surface area contributed by atoms with Gasteiger partial charge in [-0.3, -0.25) is 9.20 Å². The molecule has 1 aliphatic rings. The van der Waals surface area contributed by atoms with Crippen molar-refractivity contribution in [2.45, 2.75) is 56.9 Å². The van der Waals surface area contributed by atoms with Crippen molar-refractivity contribution in [1.82, 2.24) is 24.2 Å². The summed E-state index contributed by atoms with van der Waals surface area (Å²) in [5.74, 6) is 0.759. The Hall–Kier alpha value is -2.78. The van der Waals surface area contributed by atoms with E-state index in [9.17, 15) is 13.2 Å². The fourth-order valence-corrected chi connectivity index (χ4v) is 5.59. The van der Waals surface area contributed by atoms with Crippen LogP contribution in [0.2, 0.25) is 0 Å². The van der Waals surface area contributed by atoms with Crippen LogP contribution in [0.4, 0.5) is 0 Å². The van der Waals surface area contributed by atoms with E-state index in [4.69, 9.17) is 0 Å². The number of carbonyl (C=O) groups excluding carboxylic acids is 1. The van der Waals surface area contributed by atoms with Gasteiger partial charge < -0.3 is 4.90 Å². The Balaban J connectivity index is 1.60. The molecule has 0 spiro atoms. The Morgan fingerprint density at radius 2 is 1.94 bits per heavy atom. The number of carbonyl (C=O) groups is 1. The van der Waals surface area contributed by atoms with Crippen molar-refractivity contribution in [2.24, 2.45) is 0 Å². The van der Waals surface area contributed by atoms with Gasteiger partial charge in [0.05, 0.1) is 4.90 Å². The second-order valence-electron chi connectivity index (χ2n) is 9.41. The molecule has 0 radical (unpaired) electrons. The highest BCUT2D eigenvalue weighted by atomic mass is 32.2. The van der Waals surface area contributed by atoms with E-state index in [-0.39, 0.29) is 16.7 Å². The lowest BCUT2D eigenvalue weighted by Crippen LogP contribution is -2.41. The summed E-state index contributed by atoms with van der Waals surface area (Å²) in [5.41, 5.74) is 1.33. The fourth-order valence-electron chi connectivity index (χ4n) is 4.14. The van der Waals surface area contributed by atoms with Crippen LogP contribution in [-0.4, -0.2) is 52.5 Å². The predicted molar refractivity (Wildman–Crippen MR) is 122 cm³/mol. The Labute approximate surface area is 188 Å². The number of sulfonamides is 1. The maximum absolute atomic E-state index is 13.4. The number of aromatic nitrogens is 3. The van der Waals surface area contributed by atoms with Crippen LogP contribution in [0, 0.1) is 6.92 Å². The molecule has 0 saturated carbocycles. The fraction of sp³-hybridized carbons (Fsp3) is 0.435. The molecular weight excluding hydrogens is 426 g/mol. The van der Waals surface area contributed by atoms with Crippen LogP contribution in [0.3, 0.4) is 0 Å².